The van der Waals surface area contributed by atoms with Gasteiger partial charge in [0.05, 0.1) is 13.2 Å². The zero-order valence-corrected chi connectivity index (χ0v) is 13.6. The molecule has 0 spiro atoms. The minimum atomic E-state index is 0.176. The fourth-order valence-electron chi connectivity index (χ4n) is 2.73. The number of anilines is 1. The third-order valence-corrected chi connectivity index (χ3v) is 4.35. The topological polar surface area (TPSA) is 78.1 Å². The molecule has 6 nitrogen and oxygen atoms in total. The van der Waals surface area contributed by atoms with E-state index in [9.17, 15) is 0 Å². The van der Waals surface area contributed by atoms with Crippen molar-refractivity contribution in [1.29, 1.82) is 0 Å². The minimum Gasteiger partial charge on any atom is -0.490 e. The molecule has 0 aromatic heterocycles. The predicted octanol–water partition coefficient (Wildman–Crippen LogP) is 2.39. The maximum absolute atomic E-state index is 6.02. The second kappa shape index (κ2) is 7.08. The number of hydrogen-bond acceptors (Lipinski definition) is 4. The van der Waals surface area contributed by atoms with Gasteiger partial charge in [0.1, 0.15) is 0 Å². The molecule has 6 heteroatoms. The highest BCUT2D eigenvalue weighted by Gasteiger charge is 2.27. The number of guanidine groups is 1. The third kappa shape index (κ3) is 4.28. The molecule has 0 saturated carbocycles. The molecule has 0 radical (unpaired) electrons. The molecule has 1 aromatic carbocycles. The molecule has 1 saturated heterocycles. The van der Waals surface area contributed by atoms with Gasteiger partial charge in [0.15, 0.2) is 17.5 Å². The molecule has 0 amide bonds. The second-order valence-electron chi connectivity index (χ2n) is 6.46. The molecule has 0 bridgehead atoms. The Morgan fingerprint density at radius 3 is 2.70 bits per heavy atom. The van der Waals surface area contributed by atoms with E-state index in [0.717, 1.165) is 49.7 Å². The Morgan fingerprint density at radius 1 is 1.17 bits per heavy atom. The highest BCUT2D eigenvalue weighted by molar-refractivity contribution is 5.92. The molecule has 0 unspecified atom stereocenters. The molecular formula is C17H25N3O3. The highest BCUT2D eigenvalue weighted by Crippen LogP contribution is 2.32. The molecule has 3 rings (SSSR count). The number of nitrogens with zero attached hydrogens (tertiary/aromatic N) is 1. The van der Waals surface area contributed by atoms with Crippen molar-refractivity contribution in [1.82, 2.24) is 0 Å². The Balaban J connectivity index is 1.62. The number of ether oxygens (including phenoxy) is 3. The predicted molar refractivity (Wildman–Crippen MR) is 90.3 cm³/mol. The van der Waals surface area contributed by atoms with Gasteiger partial charge >= 0.3 is 0 Å². The number of fused-ring (bicyclic) bond motifs is 1. The first kappa shape index (κ1) is 15.9. The van der Waals surface area contributed by atoms with Gasteiger partial charge in [0, 0.05) is 37.9 Å². The van der Waals surface area contributed by atoms with Gasteiger partial charge < -0.3 is 25.3 Å². The molecule has 2 aliphatic rings. The quantitative estimate of drug-likeness (QED) is 0.661. The average molecular weight is 319 g/mol. The van der Waals surface area contributed by atoms with Crippen molar-refractivity contribution in [2.45, 2.75) is 26.2 Å². The Labute approximate surface area is 137 Å². The SMILES string of the molecule is CC1(CN=C(N)Nc2ccc3c(c2)OCCCO3)CCOCC1. The van der Waals surface area contributed by atoms with Gasteiger partial charge in [-0.2, -0.15) is 0 Å². The summed E-state index contributed by atoms with van der Waals surface area (Å²) in [6.07, 6.45) is 2.94. The van der Waals surface area contributed by atoms with E-state index in [1.807, 2.05) is 18.2 Å². The van der Waals surface area contributed by atoms with Gasteiger partial charge in [-0.25, -0.2) is 0 Å². The van der Waals surface area contributed by atoms with Crippen molar-refractivity contribution in [3.05, 3.63) is 18.2 Å². The van der Waals surface area contributed by atoms with Gasteiger partial charge in [0.25, 0.3) is 0 Å². The number of hydrogen-bond donors (Lipinski definition) is 2. The summed E-state index contributed by atoms with van der Waals surface area (Å²) in [5.74, 6) is 1.95. The fraction of sp³-hybridized carbons (Fsp3) is 0.588. The van der Waals surface area contributed by atoms with Gasteiger partial charge in [-0.3, -0.25) is 4.99 Å². The van der Waals surface area contributed by atoms with Crippen LogP contribution in [0.25, 0.3) is 0 Å². The summed E-state index contributed by atoms with van der Waals surface area (Å²) in [5.41, 5.74) is 7.05. The highest BCUT2D eigenvalue weighted by atomic mass is 16.5. The third-order valence-electron chi connectivity index (χ3n) is 4.35. The maximum atomic E-state index is 6.02. The van der Waals surface area contributed by atoms with Crippen molar-refractivity contribution in [3.8, 4) is 11.5 Å². The van der Waals surface area contributed by atoms with E-state index in [1.165, 1.54) is 0 Å². The van der Waals surface area contributed by atoms with Crippen LogP contribution in [0.5, 0.6) is 11.5 Å². The van der Waals surface area contributed by atoms with E-state index in [0.29, 0.717) is 25.7 Å². The smallest absolute Gasteiger partial charge is 0.193 e. The van der Waals surface area contributed by atoms with Crippen molar-refractivity contribution < 1.29 is 14.2 Å². The van der Waals surface area contributed by atoms with E-state index >= 15 is 0 Å². The first-order valence-corrected chi connectivity index (χ1v) is 8.19. The van der Waals surface area contributed by atoms with Crippen LogP contribution in [0, 0.1) is 5.41 Å². The summed E-state index contributed by atoms with van der Waals surface area (Å²) in [5, 5.41) is 3.13. The molecule has 1 aromatic rings. The van der Waals surface area contributed by atoms with E-state index < -0.39 is 0 Å². The molecule has 0 aliphatic carbocycles. The summed E-state index contributed by atoms with van der Waals surface area (Å²) >= 11 is 0. The number of nitrogens with two attached hydrogens (primary N) is 1. The molecule has 126 valence electrons. The first-order chi connectivity index (χ1) is 11.1. The first-order valence-electron chi connectivity index (χ1n) is 8.19. The van der Waals surface area contributed by atoms with Crippen LogP contribution in [-0.4, -0.2) is 38.9 Å². The Bertz CT molecular complexity index is 568. The van der Waals surface area contributed by atoms with Crippen molar-refractivity contribution in [2.75, 3.05) is 38.3 Å². The van der Waals surface area contributed by atoms with Crippen molar-refractivity contribution in [2.24, 2.45) is 16.1 Å². The van der Waals surface area contributed by atoms with Crippen LogP contribution in [0.1, 0.15) is 26.2 Å². The number of benzene rings is 1. The molecule has 2 heterocycles. The van der Waals surface area contributed by atoms with E-state index in [-0.39, 0.29) is 5.41 Å². The lowest BCUT2D eigenvalue weighted by molar-refractivity contribution is 0.0283. The van der Waals surface area contributed by atoms with Crippen LogP contribution in [0.4, 0.5) is 5.69 Å². The van der Waals surface area contributed by atoms with Crippen molar-refractivity contribution in [3.63, 3.8) is 0 Å². The van der Waals surface area contributed by atoms with Crippen LogP contribution in [0.2, 0.25) is 0 Å². The normalized spacial score (nSPS) is 20.7. The zero-order chi connectivity index (χ0) is 16.1. The summed E-state index contributed by atoms with van der Waals surface area (Å²) in [6.45, 7) is 5.91. The molecular weight excluding hydrogens is 294 g/mol. The Kier molecular flexibility index (Phi) is 4.91. The van der Waals surface area contributed by atoms with Crippen LogP contribution >= 0.6 is 0 Å². The van der Waals surface area contributed by atoms with Crippen molar-refractivity contribution >= 4 is 11.6 Å². The summed E-state index contributed by atoms with van der Waals surface area (Å²) in [4.78, 5) is 4.50. The summed E-state index contributed by atoms with van der Waals surface area (Å²) in [7, 11) is 0. The van der Waals surface area contributed by atoms with E-state index in [1.54, 1.807) is 0 Å². The summed E-state index contributed by atoms with van der Waals surface area (Å²) < 4.78 is 16.7. The van der Waals surface area contributed by atoms with E-state index in [4.69, 9.17) is 19.9 Å². The number of nitrogens with one attached hydrogen (secondary N) is 1. The monoisotopic (exact) mass is 319 g/mol. The lowest BCUT2D eigenvalue weighted by atomic mass is 9.83. The van der Waals surface area contributed by atoms with Crippen LogP contribution < -0.4 is 20.5 Å². The van der Waals surface area contributed by atoms with E-state index in [2.05, 4.69) is 17.2 Å². The minimum absolute atomic E-state index is 0.176. The average Bonchev–Trinajstić information content (AvgIpc) is 2.79. The van der Waals surface area contributed by atoms with Crippen LogP contribution in [0.15, 0.2) is 23.2 Å². The largest absolute Gasteiger partial charge is 0.490 e. The molecule has 0 atom stereocenters. The molecule has 2 aliphatic heterocycles. The maximum Gasteiger partial charge on any atom is 0.193 e. The number of rotatable bonds is 3. The van der Waals surface area contributed by atoms with Crippen LogP contribution in [-0.2, 0) is 4.74 Å². The molecule has 1 fully saturated rings. The Hall–Kier alpha value is -1.95. The molecule has 3 N–H and O–H groups in total. The zero-order valence-electron chi connectivity index (χ0n) is 13.6. The summed E-state index contributed by atoms with van der Waals surface area (Å²) in [6, 6.07) is 5.72. The van der Waals surface area contributed by atoms with Gasteiger partial charge in [-0.1, -0.05) is 6.92 Å². The second-order valence-corrected chi connectivity index (χ2v) is 6.46. The lowest BCUT2D eigenvalue weighted by Gasteiger charge is -2.31. The Morgan fingerprint density at radius 2 is 1.91 bits per heavy atom. The van der Waals surface area contributed by atoms with Gasteiger partial charge in [-0.05, 0) is 30.4 Å². The molecule has 23 heavy (non-hydrogen) atoms. The van der Waals surface area contributed by atoms with Crippen LogP contribution in [0.3, 0.4) is 0 Å². The standard InChI is InChI=1S/C17H25N3O3/c1-17(5-9-21-10-6-17)12-19-16(18)20-13-3-4-14-15(11-13)23-8-2-7-22-14/h3-4,11H,2,5-10,12H2,1H3,(H3,18,19,20). The fourth-order valence-corrected chi connectivity index (χ4v) is 2.73. The lowest BCUT2D eigenvalue weighted by Crippen LogP contribution is -2.31. The van der Waals surface area contributed by atoms with Gasteiger partial charge in [0.2, 0.25) is 0 Å². The number of aliphatic imine (C=N–C) groups is 1. The van der Waals surface area contributed by atoms with Gasteiger partial charge in [-0.15, -0.1) is 0 Å².